The molecule has 0 aromatic heterocycles. The Morgan fingerprint density at radius 3 is 2.39 bits per heavy atom. The van der Waals surface area contributed by atoms with E-state index in [1.807, 2.05) is 24.3 Å². The summed E-state index contributed by atoms with van der Waals surface area (Å²) >= 11 is 0. The topological polar surface area (TPSA) is 9.23 Å². The monoisotopic (exact) mass is 238 g/mol. The van der Waals surface area contributed by atoms with Gasteiger partial charge >= 0.3 is 0 Å². The van der Waals surface area contributed by atoms with E-state index >= 15 is 0 Å². The van der Waals surface area contributed by atoms with Crippen molar-refractivity contribution in [2.75, 3.05) is 6.61 Å². The molecule has 1 heteroatoms. The third-order valence-corrected chi connectivity index (χ3v) is 2.79. The summed E-state index contributed by atoms with van der Waals surface area (Å²) in [6.45, 7) is 2.81. The fourth-order valence-electron chi connectivity index (χ4n) is 1.69. The van der Waals surface area contributed by atoms with E-state index in [0.29, 0.717) is 6.61 Å². The van der Waals surface area contributed by atoms with Crippen molar-refractivity contribution in [2.24, 2.45) is 0 Å². The highest BCUT2D eigenvalue weighted by molar-refractivity contribution is 5.47. The maximum Gasteiger partial charge on any atom is 0.0913 e. The predicted molar refractivity (Wildman–Crippen MR) is 76.3 cm³/mol. The van der Waals surface area contributed by atoms with Crippen LogP contribution in [0.5, 0.6) is 0 Å². The Morgan fingerprint density at radius 1 is 0.944 bits per heavy atom. The average molecular weight is 238 g/mol. The molecule has 0 aliphatic rings. The molecule has 0 heterocycles. The molecule has 92 valence electrons. The first-order valence-corrected chi connectivity index (χ1v) is 6.23. The second-order valence-corrected chi connectivity index (χ2v) is 4.32. The maximum atomic E-state index is 5.49. The summed E-state index contributed by atoms with van der Waals surface area (Å²) < 4.78 is 5.49. The number of hydrogen-bond acceptors (Lipinski definition) is 1. The Balaban J connectivity index is 1.73. The van der Waals surface area contributed by atoms with Crippen LogP contribution in [0.3, 0.4) is 0 Å². The molecule has 1 nitrogen and oxygen atoms in total. The van der Waals surface area contributed by atoms with Crippen LogP contribution in [0.2, 0.25) is 0 Å². The minimum atomic E-state index is 0.715. The van der Waals surface area contributed by atoms with Crippen LogP contribution in [0.4, 0.5) is 0 Å². The van der Waals surface area contributed by atoms with Crippen molar-refractivity contribution in [3.05, 3.63) is 77.5 Å². The Morgan fingerprint density at radius 2 is 1.67 bits per heavy atom. The molecular formula is C17H18O. The molecule has 0 spiro atoms. The van der Waals surface area contributed by atoms with Crippen molar-refractivity contribution < 1.29 is 4.74 Å². The van der Waals surface area contributed by atoms with Gasteiger partial charge in [-0.1, -0.05) is 60.2 Å². The Labute approximate surface area is 109 Å². The summed E-state index contributed by atoms with van der Waals surface area (Å²) in [7, 11) is 0. The predicted octanol–water partition coefficient (Wildman–Crippen LogP) is 4.23. The van der Waals surface area contributed by atoms with E-state index in [4.69, 9.17) is 4.74 Å². The van der Waals surface area contributed by atoms with Crippen LogP contribution in [0, 0.1) is 6.92 Å². The molecule has 0 unspecified atom stereocenters. The van der Waals surface area contributed by atoms with Gasteiger partial charge in [-0.05, 0) is 24.1 Å². The largest absolute Gasteiger partial charge is 0.501 e. The molecule has 2 aromatic rings. The molecule has 0 saturated carbocycles. The molecule has 18 heavy (non-hydrogen) atoms. The summed E-state index contributed by atoms with van der Waals surface area (Å²) in [4.78, 5) is 0. The van der Waals surface area contributed by atoms with Crippen molar-refractivity contribution in [3.63, 3.8) is 0 Å². The number of benzene rings is 2. The molecule has 0 aliphatic heterocycles. The van der Waals surface area contributed by atoms with Crippen LogP contribution >= 0.6 is 0 Å². The highest BCUT2D eigenvalue weighted by atomic mass is 16.5. The lowest BCUT2D eigenvalue weighted by Gasteiger charge is -2.02. The summed E-state index contributed by atoms with van der Waals surface area (Å²) in [6.07, 6.45) is 4.69. The minimum absolute atomic E-state index is 0.715. The molecule has 0 saturated heterocycles. The third-order valence-electron chi connectivity index (χ3n) is 2.79. The molecule has 0 atom stereocenters. The van der Waals surface area contributed by atoms with Gasteiger partial charge in [-0.3, -0.25) is 0 Å². The van der Waals surface area contributed by atoms with E-state index in [9.17, 15) is 0 Å². The lowest BCUT2D eigenvalue weighted by Crippen LogP contribution is -1.93. The van der Waals surface area contributed by atoms with E-state index in [2.05, 4.69) is 43.3 Å². The Bertz CT molecular complexity index is 483. The summed E-state index contributed by atoms with van der Waals surface area (Å²) in [5, 5.41) is 0. The highest BCUT2D eigenvalue weighted by Gasteiger charge is 1.91. The summed E-state index contributed by atoms with van der Waals surface area (Å²) in [5.74, 6) is 0. The van der Waals surface area contributed by atoms with Gasteiger partial charge in [0, 0.05) is 6.42 Å². The van der Waals surface area contributed by atoms with Crippen LogP contribution < -0.4 is 0 Å². The fourth-order valence-corrected chi connectivity index (χ4v) is 1.69. The molecule has 0 N–H and O–H groups in total. The highest BCUT2D eigenvalue weighted by Crippen LogP contribution is 2.05. The second-order valence-electron chi connectivity index (χ2n) is 4.32. The van der Waals surface area contributed by atoms with Gasteiger partial charge in [0.05, 0.1) is 12.9 Å². The minimum Gasteiger partial charge on any atom is -0.501 e. The van der Waals surface area contributed by atoms with Crippen molar-refractivity contribution >= 4 is 6.08 Å². The first kappa shape index (κ1) is 12.4. The van der Waals surface area contributed by atoms with Gasteiger partial charge in [-0.15, -0.1) is 0 Å². The van der Waals surface area contributed by atoms with Gasteiger partial charge in [0.2, 0.25) is 0 Å². The first-order valence-electron chi connectivity index (χ1n) is 6.23. The molecular weight excluding hydrogens is 220 g/mol. The summed E-state index contributed by atoms with van der Waals surface area (Å²) in [5.41, 5.74) is 3.77. The van der Waals surface area contributed by atoms with Crippen molar-refractivity contribution in [3.8, 4) is 0 Å². The van der Waals surface area contributed by atoms with Crippen LogP contribution in [-0.4, -0.2) is 6.61 Å². The zero-order valence-electron chi connectivity index (χ0n) is 10.7. The molecule has 0 radical (unpaired) electrons. The second kappa shape index (κ2) is 6.65. The number of hydrogen-bond donors (Lipinski definition) is 0. The zero-order chi connectivity index (χ0) is 12.6. The van der Waals surface area contributed by atoms with E-state index in [1.54, 1.807) is 6.26 Å². The smallest absolute Gasteiger partial charge is 0.0913 e. The van der Waals surface area contributed by atoms with Crippen LogP contribution in [-0.2, 0) is 11.2 Å². The molecule has 0 aliphatic carbocycles. The average Bonchev–Trinajstić information content (AvgIpc) is 2.42. The fraction of sp³-hybridized carbons (Fsp3) is 0.176. The van der Waals surface area contributed by atoms with Crippen LogP contribution in [0.15, 0.2) is 60.9 Å². The zero-order valence-corrected chi connectivity index (χ0v) is 10.7. The van der Waals surface area contributed by atoms with Gasteiger partial charge in [0.25, 0.3) is 0 Å². The van der Waals surface area contributed by atoms with E-state index < -0.39 is 0 Å². The number of ether oxygens (including phenoxy) is 1. The van der Waals surface area contributed by atoms with Gasteiger partial charge in [-0.2, -0.15) is 0 Å². The van der Waals surface area contributed by atoms with Gasteiger partial charge in [0.1, 0.15) is 0 Å². The quantitative estimate of drug-likeness (QED) is 0.559. The Hall–Kier alpha value is -2.02. The van der Waals surface area contributed by atoms with Crippen molar-refractivity contribution in [1.29, 1.82) is 0 Å². The number of aryl methyl sites for hydroxylation is 1. The van der Waals surface area contributed by atoms with E-state index in [-0.39, 0.29) is 0 Å². The van der Waals surface area contributed by atoms with Crippen LogP contribution in [0.25, 0.3) is 6.08 Å². The normalized spacial score (nSPS) is 10.7. The van der Waals surface area contributed by atoms with Gasteiger partial charge in [-0.25, -0.2) is 0 Å². The van der Waals surface area contributed by atoms with Gasteiger partial charge < -0.3 is 4.74 Å². The third kappa shape index (κ3) is 4.10. The molecule has 0 amide bonds. The Kier molecular flexibility index (Phi) is 4.60. The molecule has 0 fully saturated rings. The van der Waals surface area contributed by atoms with Crippen molar-refractivity contribution in [1.82, 2.24) is 0 Å². The molecule has 0 bridgehead atoms. The van der Waals surface area contributed by atoms with Gasteiger partial charge in [0.15, 0.2) is 0 Å². The van der Waals surface area contributed by atoms with Crippen LogP contribution in [0.1, 0.15) is 16.7 Å². The molecule has 2 rings (SSSR count). The lowest BCUT2D eigenvalue weighted by molar-refractivity contribution is 0.256. The van der Waals surface area contributed by atoms with E-state index in [0.717, 1.165) is 12.0 Å². The first-order chi connectivity index (χ1) is 8.84. The summed E-state index contributed by atoms with van der Waals surface area (Å²) in [6, 6.07) is 18.7. The number of rotatable bonds is 5. The maximum absolute atomic E-state index is 5.49. The van der Waals surface area contributed by atoms with Crippen molar-refractivity contribution in [2.45, 2.75) is 13.3 Å². The SMILES string of the molecule is Cc1ccc(CCOC=Cc2ccccc2)cc1. The standard InChI is InChI=1S/C17H18O/c1-15-7-9-17(10-8-15)12-14-18-13-11-16-5-3-2-4-6-16/h2-11,13H,12,14H2,1H3. The molecule has 2 aromatic carbocycles. The lowest BCUT2D eigenvalue weighted by atomic mass is 10.1. The van der Waals surface area contributed by atoms with E-state index in [1.165, 1.54) is 11.1 Å².